The maximum Gasteiger partial charge on any atom is 0.129 e. The molecule has 0 amide bonds. The van der Waals surface area contributed by atoms with E-state index in [1.54, 1.807) is 36.7 Å². The number of pyridine rings is 1. The lowest BCUT2D eigenvalue weighted by molar-refractivity contribution is 0.143. The Kier molecular flexibility index (Phi) is 4.24. The molecule has 0 aliphatic rings. The van der Waals surface area contributed by atoms with E-state index in [0.717, 1.165) is 11.1 Å². The fraction of sp³-hybridized carbons (Fsp3) is 0.267. The number of benzene rings is 1. The summed E-state index contributed by atoms with van der Waals surface area (Å²) in [6, 6.07) is 8.27. The minimum Gasteiger partial charge on any atom is -0.388 e. The van der Waals surface area contributed by atoms with Crippen molar-refractivity contribution < 1.29 is 9.50 Å². The number of aliphatic hydroxyl groups is 1. The predicted octanol–water partition coefficient (Wildman–Crippen LogP) is 2.31. The number of aromatic nitrogens is 1. The van der Waals surface area contributed by atoms with Gasteiger partial charge in [0, 0.05) is 30.4 Å². The highest BCUT2D eigenvalue weighted by Gasteiger charge is 2.24. The van der Waals surface area contributed by atoms with Gasteiger partial charge < -0.3 is 10.8 Å². The van der Waals surface area contributed by atoms with E-state index >= 15 is 0 Å². The summed E-state index contributed by atoms with van der Waals surface area (Å²) in [5.41, 5.74) is 7.77. The molecule has 1 aromatic carbocycles. The summed E-state index contributed by atoms with van der Waals surface area (Å²) in [5, 5.41) is 10.4. The number of hydrogen-bond donors (Lipinski definition) is 2. The van der Waals surface area contributed by atoms with E-state index in [4.69, 9.17) is 5.73 Å². The van der Waals surface area contributed by atoms with Gasteiger partial charge in [-0.2, -0.15) is 0 Å². The average molecular weight is 260 g/mol. The van der Waals surface area contributed by atoms with Gasteiger partial charge in [-0.1, -0.05) is 17.7 Å². The molecule has 0 bridgehead atoms. The highest BCUT2D eigenvalue weighted by molar-refractivity contribution is 5.30. The lowest BCUT2D eigenvalue weighted by Crippen LogP contribution is -2.21. The lowest BCUT2D eigenvalue weighted by Gasteiger charge is -2.22. The molecule has 3 N–H and O–H groups in total. The zero-order valence-corrected chi connectivity index (χ0v) is 10.8. The molecule has 0 aliphatic carbocycles. The first-order valence-electron chi connectivity index (χ1n) is 6.17. The molecule has 4 heteroatoms. The van der Waals surface area contributed by atoms with Crippen molar-refractivity contribution in [2.24, 2.45) is 5.73 Å². The van der Waals surface area contributed by atoms with E-state index in [2.05, 4.69) is 4.98 Å². The number of halogens is 1. The fourth-order valence-electron chi connectivity index (χ4n) is 2.16. The van der Waals surface area contributed by atoms with Crippen LogP contribution in [0.2, 0.25) is 0 Å². The molecule has 0 spiro atoms. The number of rotatable bonds is 4. The molecule has 0 fully saturated rings. The summed E-state index contributed by atoms with van der Waals surface area (Å²) in [6.07, 6.45) is 2.31. The molecule has 1 heterocycles. The largest absolute Gasteiger partial charge is 0.388 e. The van der Waals surface area contributed by atoms with Gasteiger partial charge >= 0.3 is 0 Å². The standard InChI is InChI=1S/C15H17FN2O/c1-10-2-3-14(16)12(8-10)15(19)13(9-17)11-4-6-18-7-5-11/h2-8,13,15,19H,9,17H2,1H3. The lowest BCUT2D eigenvalue weighted by atomic mass is 9.89. The molecule has 0 radical (unpaired) electrons. The van der Waals surface area contributed by atoms with Crippen LogP contribution in [0.3, 0.4) is 0 Å². The zero-order valence-electron chi connectivity index (χ0n) is 10.8. The van der Waals surface area contributed by atoms with Crippen molar-refractivity contribution in [2.45, 2.75) is 18.9 Å². The SMILES string of the molecule is Cc1ccc(F)c(C(O)C(CN)c2ccncc2)c1. The molecule has 2 unspecified atom stereocenters. The summed E-state index contributed by atoms with van der Waals surface area (Å²) in [7, 11) is 0. The molecule has 0 saturated heterocycles. The summed E-state index contributed by atoms with van der Waals surface area (Å²) < 4.78 is 13.8. The van der Waals surface area contributed by atoms with Crippen LogP contribution in [0.1, 0.15) is 28.7 Å². The first-order chi connectivity index (χ1) is 9.13. The Bertz CT molecular complexity index is 545. The van der Waals surface area contributed by atoms with Crippen molar-refractivity contribution in [3.05, 3.63) is 65.2 Å². The summed E-state index contributed by atoms with van der Waals surface area (Å²) >= 11 is 0. The van der Waals surface area contributed by atoms with E-state index in [9.17, 15) is 9.50 Å². The van der Waals surface area contributed by atoms with Gasteiger partial charge in [-0.25, -0.2) is 4.39 Å². The molecule has 1 aromatic heterocycles. The highest BCUT2D eigenvalue weighted by atomic mass is 19.1. The topological polar surface area (TPSA) is 59.1 Å². The number of nitrogens with zero attached hydrogens (tertiary/aromatic N) is 1. The summed E-state index contributed by atoms with van der Waals surface area (Å²) in [5.74, 6) is -0.759. The molecule has 2 aromatic rings. The first-order valence-corrected chi connectivity index (χ1v) is 6.17. The third-order valence-electron chi connectivity index (χ3n) is 3.24. The van der Waals surface area contributed by atoms with Crippen LogP contribution in [0.25, 0.3) is 0 Å². The molecule has 2 rings (SSSR count). The van der Waals surface area contributed by atoms with Gasteiger partial charge in [-0.15, -0.1) is 0 Å². The van der Waals surface area contributed by atoms with E-state index in [1.807, 2.05) is 6.92 Å². The quantitative estimate of drug-likeness (QED) is 0.886. The van der Waals surface area contributed by atoms with Crippen LogP contribution in [-0.2, 0) is 0 Å². The van der Waals surface area contributed by atoms with Crippen molar-refractivity contribution in [3.63, 3.8) is 0 Å². The molecule has 100 valence electrons. The van der Waals surface area contributed by atoms with Crippen LogP contribution < -0.4 is 5.73 Å². The van der Waals surface area contributed by atoms with Gasteiger partial charge in [0.2, 0.25) is 0 Å². The molecule has 3 nitrogen and oxygen atoms in total. The van der Waals surface area contributed by atoms with Crippen LogP contribution in [0.5, 0.6) is 0 Å². The maximum atomic E-state index is 13.8. The Balaban J connectivity index is 2.36. The second-order valence-corrected chi connectivity index (χ2v) is 4.59. The predicted molar refractivity (Wildman–Crippen MR) is 72.1 cm³/mol. The van der Waals surface area contributed by atoms with Crippen LogP contribution in [-0.4, -0.2) is 16.6 Å². The first kappa shape index (κ1) is 13.6. The van der Waals surface area contributed by atoms with Gasteiger partial charge in [-0.05, 0) is 30.7 Å². The number of hydrogen-bond acceptors (Lipinski definition) is 3. The van der Waals surface area contributed by atoms with Gasteiger partial charge in [-0.3, -0.25) is 4.98 Å². The number of nitrogens with two attached hydrogens (primary N) is 1. The van der Waals surface area contributed by atoms with Crippen molar-refractivity contribution in [1.82, 2.24) is 4.98 Å². The van der Waals surface area contributed by atoms with Gasteiger partial charge in [0.1, 0.15) is 5.82 Å². The average Bonchev–Trinajstić information content (AvgIpc) is 2.43. The van der Waals surface area contributed by atoms with Gasteiger partial charge in [0.25, 0.3) is 0 Å². The minimum absolute atomic E-state index is 0.235. The number of aliphatic hydroxyl groups excluding tert-OH is 1. The van der Waals surface area contributed by atoms with Crippen molar-refractivity contribution in [3.8, 4) is 0 Å². The minimum atomic E-state index is -0.965. The smallest absolute Gasteiger partial charge is 0.129 e. The monoisotopic (exact) mass is 260 g/mol. The normalized spacial score (nSPS) is 14.1. The molecule has 0 saturated carbocycles. The second kappa shape index (κ2) is 5.91. The third kappa shape index (κ3) is 2.97. The van der Waals surface area contributed by atoms with Crippen LogP contribution >= 0.6 is 0 Å². The van der Waals surface area contributed by atoms with Crippen molar-refractivity contribution in [2.75, 3.05) is 6.54 Å². The van der Waals surface area contributed by atoms with E-state index < -0.39 is 11.9 Å². The Morgan fingerprint density at radius 3 is 2.58 bits per heavy atom. The number of aryl methyl sites for hydroxylation is 1. The van der Waals surface area contributed by atoms with Crippen molar-refractivity contribution in [1.29, 1.82) is 0 Å². The summed E-state index contributed by atoms with van der Waals surface area (Å²) in [6.45, 7) is 2.10. The van der Waals surface area contributed by atoms with Gasteiger partial charge in [0.05, 0.1) is 6.10 Å². The summed E-state index contributed by atoms with van der Waals surface area (Å²) in [4.78, 5) is 3.93. The Morgan fingerprint density at radius 1 is 1.26 bits per heavy atom. The zero-order chi connectivity index (χ0) is 13.8. The molecule has 19 heavy (non-hydrogen) atoms. The van der Waals surface area contributed by atoms with Crippen LogP contribution in [0.15, 0.2) is 42.7 Å². The van der Waals surface area contributed by atoms with Crippen LogP contribution in [0, 0.1) is 12.7 Å². The molecule has 2 atom stereocenters. The van der Waals surface area contributed by atoms with E-state index in [0.29, 0.717) is 0 Å². The maximum absolute atomic E-state index is 13.8. The Labute approximate surface area is 111 Å². The van der Waals surface area contributed by atoms with E-state index in [1.165, 1.54) is 6.07 Å². The highest BCUT2D eigenvalue weighted by Crippen LogP contribution is 2.31. The Morgan fingerprint density at radius 2 is 1.95 bits per heavy atom. The van der Waals surface area contributed by atoms with Crippen LogP contribution in [0.4, 0.5) is 4.39 Å². The molecular weight excluding hydrogens is 243 g/mol. The Hall–Kier alpha value is -1.78. The molecule has 0 aliphatic heterocycles. The van der Waals surface area contributed by atoms with E-state index in [-0.39, 0.29) is 18.0 Å². The third-order valence-corrected chi connectivity index (χ3v) is 3.24. The fourth-order valence-corrected chi connectivity index (χ4v) is 2.16. The molecular formula is C15H17FN2O. The van der Waals surface area contributed by atoms with Gasteiger partial charge in [0.15, 0.2) is 0 Å². The second-order valence-electron chi connectivity index (χ2n) is 4.59. The van der Waals surface area contributed by atoms with Crippen molar-refractivity contribution >= 4 is 0 Å².